The van der Waals surface area contributed by atoms with E-state index >= 15 is 0 Å². The Kier molecular flexibility index (Phi) is 3.00. The monoisotopic (exact) mass is 240 g/mol. The molecule has 0 aliphatic carbocycles. The lowest BCUT2D eigenvalue weighted by Crippen LogP contribution is -2.09. The third-order valence-electron chi connectivity index (χ3n) is 1.89. The lowest BCUT2D eigenvalue weighted by atomic mass is 10.3. The normalized spacial score (nSPS) is 10.6. The molecular weight excluding hydrogens is 232 g/mol. The Labute approximate surface area is 96.2 Å². The van der Waals surface area contributed by atoms with E-state index in [1.54, 1.807) is 13.0 Å². The number of rotatable bonds is 3. The number of fused-ring (bicyclic) bond motifs is 1. The maximum Gasteiger partial charge on any atom is 0.311 e. The van der Waals surface area contributed by atoms with Crippen molar-refractivity contribution in [2.45, 2.75) is 13.3 Å². The van der Waals surface area contributed by atoms with Crippen molar-refractivity contribution in [3.63, 3.8) is 0 Å². The molecule has 0 spiro atoms. The second-order valence-electron chi connectivity index (χ2n) is 3.02. The van der Waals surface area contributed by atoms with Crippen LogP contribution in [0.2, 0.25) is 5.15 Å². The van der Waals surface area contributed by atoms with Crippen LogP contribution in [-0.2, 0) is 16.0 Å². The molecule has 0 aliphatic rings. The van der Waals surface area contributed by atoms with E-state index in [0.29, 0.717) is 23.2 Å². The van der Waals surface area contributed by atoms with Gasteiger partial charge in [-0.2, -0.15) is 14.6 Å². The maximum atomic E-state index is 11.2. The van der Waals surface area contributed by atoms with Crippen LogP contribution in [0.3, 0.4) is 0 Å². The highest BCUT2D eigenvalue weighted by Crippen LogP contribution is 2.11. The number of carbonyl (C=O) groups is 1. The predicted molar refractivity (Wildman–Crippen MR) is 56.1 cm³/mol. The van der Waals surface area contributed by atoms with Gasteiger partial charge in [0.25, 0.3) is 5.78 Å². The zero-order valence-electron chi connectivity index (χ0n) is 8.55. The van der Waals surface area contributed by atoms with Gasteiger partial charge in [-0.25, -0.2) is 4.98 Å². The van der Waals surface area contributed by atoms with E-state index in [9.17, 15) is 4.79 Å². The number of nitrogens with zero attached hydrogens (tertiary/aromatic N) is 4. The zero-order chi connectivity index (χ0) is 11.5. The van der Waals surface area contributed by atoms with Crippen molar-refractivity contribution in [2.75, 3.05) is 6.61 Å². The molecule has 84 valence electrons. The summed E-state index contributed by atoms with van der Waals surface area (Å²) in [5.74, 6) is 0.0294. The van der Waals surface area contributed by atoms with Crippen LogP contribution in [0.1, 0.15) is 12.6 Å². The first-order valence-corrected chi connectivity index (χ1v) is 5.09. The fourth-order valence-electron chi connectivity index (χ4n) is 1.27. The van der Waals surface area contributed by atoms with Crippen LogP contribution in [0.4, 0.5) is 0 Å². The number of ether oxygens (including phenoxy) is 1. The molecule has 16 heavy (non-hydrogen) atoms. The van der Waals surface area contributed by atoms with E-state index in [4.69, 9.17) is 16.3 Å². The van der Waals surface area contributed by atoms with Crippen LogP contribution in [0.15, 0.2) is 12.4 Å². The van der Waals surface area contributed by atoms with Crippen LogP contribution in [0.25, 0.3) is 5.78 Å². The molecule has 0 saturated heterocycles. The Morgan fingerprint density at radius 2 is 2.44 bits per heavy atom. The largest absolute Gasteiger partial charge is 0.466 e. The average molecular weight is 241 g/mol. The first-order chi connectivity index (χ1) is 7.70. The Morgan fingerprint density at radius 1 is 1.62 bits per heavy atom. The molecule has 0 unspecified atom stereocenters. The molecule has 0 amide bonds. The first kappa shape index (κ1) is 10.8. The van der Waals surface area contributed by atoms with Crippen LogP contribution < -0.4 is 0 Å². The quantitative estimate of drug-likeness (QED) is 0.589. The van der Waals surface area contributed by atoms with Crippen LogP contribution in [0.5, 0.6) is 0 Å². The second kappa shape index (κ2) is 4.44. The standard InChI is InChI=1S/C9H9ClN4O2/c1-2-16-8(15)4-6-3-7(10)14-9(13-6)11-5-12-14/h3,5H,2,4H2,1H3. The molecule has 0 radical (unpaired) electrons. The Hall–Kier alpha value is -1.69. The van der Waals surface area contributed by atoms with Crippen molar-refractivity contribution < 1.29 is 9.53 Å². The number of aromatic nitrogens is 4. The van der Waals surface area contributed by atoms with Crippen molar-refractivity contribution in [1.29, 1.82) is 0 Å². The molecule has 0 N–H and O–H groups in total. The van der Waals surface area contributed by atoms with Crippen LogP contribution in [-0.4, -0.2) is 32.2 Å². The minimum Gasteiger partial charge on any atom is -0.466 e. The number of hydrogen-bond acceptors (Lipinski definition) is 5. The highest BCUT2D eigenvalue weighted by Gasteiger charge is 2.09. The maximum absolute atomic E-state index is 11.2. The summed E-state index contributed by atoms with van der Waals surface area (Å²) in [6, 6.07) is 1.57. The third-order valence-corrected chi connectivity index (χ3v) is 2.16. The van der Waals surface area contributed by atoms with Crippen molar-refractivity contribution in [3.05, 3.63) is 23.2 Å². The van der Waals surface area contributed by atoms with Gasteiger partial charge >= 0.3 is 5.97 Å². The van der Waals surface area contributed by atoms with Crippen molar-refractivity contribution in [3.8, 4) is 0 Å². The summed E-state index contributed by atoms with van der Waals surface area (Å²) in [7, 11) is 0. The molecule has 0 saturated carbocycles. The molecule has 2 aromatic rings. The molecular formula is C9H9ClN4O2. The molecule has 0 bridgehead atoms. The van der Waals surface area contributed by atoms with E-state index in [1.807, 2.05) is 0 Å². The van der Waals surface area contributed by atoms with Gasteiger partial charge in [-0.15, -0.1) is 0 Å². The summed E-state index contributed by atoms with van der Waals surface area (Å²) in [6.45, 7) is 2.10. The first-order valence-electron chi connectivity index (χ1n) is 4.71. The predicted octanol–water partition coefficient (Wildman–Crippen LogP) is 0.883. The fraction of sp³-hybridized carbons (Fsp3) is 0.333. The van der Waals surface area contributed by atoms with Crippen molar-refractivity contribution in [2.24, 2.45) is 0 Å². The van der Waals surface area contributed by atoms with Gasteiger partial charge in [-0.05, 0) is 13.0 Å². The number of esters is 1. The Morgan fingerprint density at radius 3 is 3.19 bits per heavy atom. The highest BCUT2D eigenvalue weighted by molar-refractivity contribution is 6.29. The van der Waals surface area contributed by atoms with Gasteiger partial charge in [-0.1, -0.05) is 11.6 Å². The molecule has 2 rings (SSSR count). The zero-order valence-corrected chi connectivity index (χ0v) is 9.31. The van der Waals surface area contributed by atoms with E-state index in [2.05, 4.69) is 15.1 Å². The van der Waals surface area contributed by atoms with Crippen LogP contribution in [0, 0.1) is 0 Å². The van der Waals surface area contributed by atoms with E-state index < -0.39 is 0 Å². The Bertz CT molecular complexity index is 525. The number of hydrogen-bond donors (Lipinski definition) is 0. The van der Waals surface area contributed by atoms with Gasteiger partial charge in [0.2, 0.25) is 0 Å². The third kappa shape index (κ3) is 2.11. The van der Waals surface area contributed by atoms with Crippen molar-refractivity contribution >= 4 is 23.3 Å². The molecule has 0 fully saturated rings. The summed E-state index contributed by atoms with van der Waals surface area (Å²) < 4.78 is 6.20. The Balaban J connectivity index is 2.28. The van der Waals surface area contributed by atoms with E-state index in [1.165, 1.54) is 10.8 Å². The molecule has 0 aromatic carbocycles. The molecule has 2 heterocycles. The van der Waals surface area contributed by atoms with Gasteiger partial charge in [0.15, 0.2) is 0 Å². The summed E-state index contributed by atoms with van der Waals surface area (Å²) in [4.78, 5) is 19.3. The van der Waals surface area contributed by atoms with Gasteiger partial charge in [0.05, 0.1) is 18.7 Å². The lowest BCUT2D eigenvalue weighted by Gasteiger charge is -2.02. The molecule has 7 heteroatoms. The summed E-state index contributed by atoms with van der Waals surface area (Å²) in [5, 5.41) is 4.23. The topological polar surface area (TPSA) is 69.4 Å². The molecule has 2 aromatic heterocycles. The van der Waals surface area contributed by atoms with Crippen LogP contribution >= 0.6 is 11.6 Å². The SMILES string of the molecule is CCOC(=O)Cc1cc(Cl)n2ncnc2n1. The highest BCUT2D eigenvalue weighted by atomic mass is 35.5. The smallest absolute Gasteiger partial charge is 0.311 e. The van der Waals surface area contributed by atoms with Gasteiger partial charge < -0.3 is 4.74 Å². The second-order valence-corrected chi connectivity index (χ2v) is 3.41. The number of halogens is 1. The number of carbonyl (C=O) groups excluding carboxylic acids is 1. The average Bonchev–Trinajstić information content (AvgIpc) is 2.66. The lowest BCUT2D eigenvalue weighted by molar-refractivity contribution is -0.142. The minimum atomic E-state index is -0.338. The van der Waals surface area contributed by atoms with E-state index in [0.717, 1.165) is 0 Å². The van der Waals surface area contributed by atoms with Gasteiger partial charge in [-0.3, -0.25) is 4.79 Å². The van der Waals surface area contributed by atoms with Crippen molar-refractivity contribution in [1.82, 2.24) is 19.6 Å². The molecule has 0 aliphatic heterocycles. The molecule has 6 nitrogen and oxygen atoms in total. The summed E-state index contributed by atoms with van der Waals surface area (Å²) >= 11 is 5.93. The van der Waals surface area contributed by atoms with Gasteiger partial charge in [0.1, 0.15) is 11.5 Å². The molecule has 0 atom stereocenters. The summed E-state index contributed by atoms with van der Waals surface area (Å²) in [5.41, 5.74) is 0.518. The fourth-order valence-corrected chi connectivity index (χ4v) is 1.52. The minimum absolute atomic E-state index is 0.0803. The summed E-state index contributed by atoms with van der Waals surface area (Å²) in [6.07, 6.45) is 1.43. The van der Waals surface area contributed by atoms with Gasteiger partial charge in [0, 0.05) is 0 Å². The van der Waals surface area contributed by atoms with E-state index in [-0.39, 0.29) is 12.4 Å².